The molecule has 3 rings (SSSR count). The van der Waals surface area contributed by atoms with E-state index in [1.54, 1.807) is 6.07 Å². The van der Waals surface area contributed by atoms with Crippen LogP contribution in [0.3, 0.4) is 0 Å². The number of nitrogens with zero attached hydrogens (tertiary/aromatic N) is 3. The van der Waals surface area contributed by atoms with Gasteiger partial charge in [-0.25, -0.2) is 0 Å². The molecular weight excluding hydrogens is 346 g/mol. The van der Waals surface area contributed by atoms with Crippen LogP contribution in [0.2, 0.25) is 0 Å². The average molecular weight is 363 g/mol. The Morgan fingerprint density at radius 2 is 1.85 bits per heavy atom. The van der Waals surface area contributed by atoms with E-state index in [1.807, 2.05) is 30.3 Å². The van der Waals surface area contributed by atoms with Crippen molar-refractivity contribution in [3.63, 3.8) is 0 Å². The zero-order chi connectivity index (χ0) is 19.2. The van der Waals surface area contributed by atoms with Gasteiger partial charge in [0.1, 0.15) is 5.56 Å². The quantitative estimate of drug-likeness (QED) is 0.711. The van der Waals surface area contributed by atoms with Crippen LogP contribution in [0, 0.1) is 0 Å². The fraction of sp³-hybridized carbons (Fsp3) is 0.105. The molecule has 8 nitrogen and oxygen atoms in total. The molecule has 0 fully saturated rings. The lowest BCUT2D eigenvalue weighted by Gasteiger charge is -2.12. The van der Waals surface area contributed by atoms with Gasteiger partial charge in [-0.05, 0) is 17.7 Å². The molecule has 0 bridgehead atoms. The highest BCUT2D eigenvalue weighted by Gasteiger charge is 2.17. The standard InChI is InChI=1S/C19H17N5O3/c1-20-18(26)16-9-14(17(25)23-15-7-8-21-22-10-15)12-24(19(16)27)11-13-5-3-2-4-6-13/h2-10,12H,11H2,1H3,(H,20,26)(H,21,23,25). The maximum atomic E-state index is 12.7. The third kappa shape index (κ3) is 4.24. The van der Waals surface area contributed by atoms with Gasteiger partial charge in [0.15, 0.2) is 0 Å². The van der Waals surface area contributed by atoms with E-state index in [0.29, 0.717) is 5.69 Å². The second-order valence-electron chi connectivity index (χ2n) is 5.73. The lowest BCUT2D eigenvalue weighted by atomic mass is 10.1. The third-order valence-corrected chi connectivity index (χ3v) is 3.86. The minimum atomic E-state index is -0.554. The summed E-state index contributed by atoms with van der Waals surface area (Å²) in [4.78, 5) is 37.3. The molecule has 27 heavy (non-hydrogen) atoms. The monoisotopic (exact) mass is 363 g/mol. The molecule has 0 aliphatic heterocycles. The van der Waals surface area contributed by atoms with Crippen molar-refractivity contribution in [1.29, 1.82) is 0 Å². The maximum Gasteiger partial charge on any atom is 0.263 e. The Balaban J connectivity index is 2.00. The Kier molecular flexibility index (Phi) is 5.36. The van der Waals surface area contributed by atoms with Gasteiger partial charge in [-0.3, -0.25) is 14.4 Å². The maximum absolute atomic E-state index is 12.7. The topological polar surface area (TPSA) is 106 Å². The average Bonchev–Trinajstić information content (AvgIpc) is 2.70. The predicted molar refractivity (Wildman–Crippen MR) is 99.6 cm³/mol. The van der Waals surface area contributed by atoms with E-state index in [4.69, 9.17) is 0 Å². The van der Waals surface area contributed by atoms with E-state index in [2.05, 4.69) is 20.8 Å². The molecule has 2 aromatic heterocycles. The summed E-state index contributed by atoms with van der Waals surface area (Å²) in [5.41, 5.74) is 0.936. The number of carbonyl (C=O) groups is 2. The van der Waals surface area contributed by atoms with E-state index in [9.17, 15) is 14.4 Å². The molecule has 0 aliphatic carbocycles. The summed E-state index contributed by atoms with van der Waals surface area (Å²) in [5.74, 6) is -1.02. The highest BCUT2D eigenvalue weighted by Crippen LogP contribution is 2.09. The highest BCUT2D eigenvalue weighted by molar-refractivity contribution is 6.05. The first kappa shape index (κ1) is 18.0. The number of aromatic nitrogens is 3. The number of nitrogens with one attached hydrogen (secondary N) is 2. The molecule has 0 unspecified atom stereocenters. The summed E-state index contributed by atoms with van der Waals surface area (Å²) in [6, 6.07) is 12.2. The summed E-state index contributed by atoms with van der Waals surface area (Å²) in [6.07, 6.45) is 4.28. The molecule has 0 radical (unpaired) electrons. The number of rotatable bonds is 5. The Labute approximate surface area is 154 Å². The van der Waals surface area contributed by atoms with Gasteiger partial charge in [0.25, 0.3) is 17.4 Å². The van der Waals surface area contributed by atoms with Gasteiger partial charge >= 0.3 is 0 Å². The number of hydrogen-bond donors (Lipinski definition) is 2. The van der Waals surface area contributed by atoms with Crippen molar-refractivity contribution in [2.24, 2.45) is 0 Å². The first-order valence-corrected chi connectivity index (χ1v) is 8.17. The van der Waals surface area contributed by atoms with E-state index >= 15 is 0 Å². The minimum absolute atomic E-state index is 0.103. The fourth-order valence-electron chi connectivity index (χ4n) is 2.52. The predicted octanol–water partition coefficient (Wildman–Crippen LogP) is 1.30. The van der Waals surface area contributed by atoms with Crippen LogP contribution in [0.4, 0.5) is 5.69 Å². The molecule has 0 saturated carbocycles. The van der Waals surface area contributed by atoms with Gasteiger partial charge in [-0.15, -0.1) is 0 Å². The van der Waals surface area contributed by atoms with Crippen LogP contribution in [0.25, 0.3) is 0 Å². The normalized spacial score (nSPS) is 10.3. The SMILES string of the molecule is CNC(=O)c1cc(C(=O)Nc2ccnnc2)cn(Cc2ccccc2)c1=O. The highest BCUT2D eigenvalue weighted by atomic mass is 16.2. The smallest absolute Gasteiger partial charge is 0.263 e. The van der Waals surface area contributed by atoms with Crippen molar-refractivity contribution < 1.29 is 9.59 Å². The minimum Gasteiger partial charge on any atom is -0.355 e. The number of amides is 2. The van der Waals surface area contributed by atoms with Gasteiger partial charge in [0.05, 0.1) is 30.2 Å². The van der Waals surface area contributed by atoms with E-state index in [1.165, 1.54) is 36.3 Å². The molecule has 8 heteroatoms. The van der Waals surface area contributed by atoms with Crippen LogP contribution in [0.1, 0.15) is 26.3 Å². The number of pyridine rings is 1. The molecule has 0 saturated heterocycles. The summed E-state index contributed by atoms with van der Waals surface area (Å²) in [6.45, 7) is 0.238. The number of anilines is 1. The molecule has 2 N–H and O–H groups in total. The zero-order valence-corrected chi connectivity index (χ0v) is 14.5. The fourth-order valence-corrected chi connectivity index (χ4v) is 2.52. The van der Waals surface area contributed by atoms with Crippen LogP contribution >= 0.6 is 0 Å². The molecule has 2 amide bonds. The van der Waals surface area contributed by atoms with Crippen molar-refractivity contribution in [2.45, 2.75) is 6.54 Å². The van der Waals surface area contributed by atoms with Crippen molar-refractivity contribution in [2.75, 3.05) is 12.4 Å². The molecule has 1 aromatic carbocycles. The number of hydrogen-bond acceptors (Lipinski definition) is 5. The van der Waals surface area contributed by atoms with E-state index in [-0.39, 0.29) is 17.7 Å². The Bertz CT molecular complexity index is 1020. The van der Waals surface area contributed by atoms with Crippen LogP contribution in [-0.4, -0.2) is 33.6 Å². The van der Waals surface area contributed by atoms with Crippen molar-refractivity contribution >= 4 is 17.5 Å². The van der Waals surface area contributed by atoms with Crippen molar-refractivity contribution in [3.8, 4) is 0 Å². The molecule has 2 heterocycles. The van der Waals surface area contributed by atoms with Crippen molar-refractivity contribution in [1.82, 2.24) is 20.1 Å². The lowest BCUT2D eigenvalue weighted by Crippen LogP contribution is -2.33. The second kappa shape index (κ2) is 8.05. The second-order valence-corrected chi connectivity index (χ2v) is 5.73. The molecule has 3 aromatic rings. The first-order valence-electron chi connectivity index (χ1n) is 8.17. The van der Waals surface area contributed by atoms with Gasteiger partial charge in [0, 0.05) is 13.2 Å². The molecule has 136 valence electrons. The number of benzene rings is 1. The van der Waals surface area contributed by atoms with Crippen LogP contribution in [-0.2, 0) is 6.54 Å². The lowest BCUT2D eigenvalue weighted by molar-refractivity contribution is 0.0961. The largest absolute Gasteiger partial charge is 0.355 e. The van der Waals surface area contributed by atoms with Gasteiger partial charge in [0.2, 0.25) is 0 Å². The summed E-state index contributed by atoms with van der Waals surface area (Å²) in [7, 11) is 1.43. The zero-order valence-electron chi connectivity index (χ0n) is 14.5. The Morgan fingerprint density at radius 1 is 1.07 bits per heavy atom. The summed E-state index contributed by atoms with van der Waals surface area (Å²) >= 11 is 0. The molecular formula is C19H17N5O3. The Morgan fingerprint density at radius 3 is 2.52 bits per heavy atom. The van der Waals surface area contributed by atoms with E-state index in [0.717, 1.165) is 5.56 Å². The molecule has 0 aliphatic rings. The summed E-state index contributed by atoms with van der Waals surface area (Å²) in [5, 5.41) is 12.4. The molecule has 0 spiro atoms. The summed E-state index contributed by atoms with van der Waals surface area (Å²) < 4.78 is 1.35. The van der Waals surface area contributed by atoms with Gasteiger partial charge < -0.3 is 15.2 Å². The van der Waals surface area contributed by atoms with Crippen LogP contribution in [0.15, 0.2) is 65.8 Å². The first-order chi connectivity index (χ1) is 13.1. The molecule has 0 atom stereocenters. The number of carbonyl (C=O) groups excluding carboxylic acids is 2. The van der Waals surface area contributed by atoms with Gasteiger partial charge in [-0.2, -0.15) is 10.2 Å². The Hall–Kier alpha value is -3.81. The van der Waals surface area contributed by atoms with Gasteiger partial charge in [-0.1, -0.05) is 30.3 Å². The van der Waals surface area contributed by atoms with E-state index < -0.39 is 17.4 Å². The van der Waals surface area contributed by atoms with Crippen LogP contribution < -0.4 is 16.2 Å². The van der Waals surface area contributed by atoms with Crippen molar-refractivity contribution in [3.05, 3.63) is 88.1 Å². The van der Waals surface area contributed by atoms with Crippen LogP contribution in [0.5, 0.6) is 0 Å². The third-order valence-electron chi connectivity index (χ3n) is 3.86.